The van der Waals surface area contributed by atoms with Gasteiger partial charge in [0.2, 0.25) is 0 Å². The van der Waals surface area contributed by atoms with Crippen LogP contribution in [0.5, 0.6) is 11.5 Å². The second-order valence-electron chi connectivity index (χ2n) is 6.09. The molecule has 0 aromatic heterocycles. The molecule has 0 radical (unpaired) electrons. The fourth-order valence-electron chi connectivity index (χ4n) is 2.74. The topological polar surface area (TPSA) is 42.2 Å². The summed E-state index contributed by atoms with van der Waals surface area (Å²) in [6.07, 6.45) is 1.81. The van der Waals surface area contributed by atoms with Crippen LogP contribution in [0.4, 0.5) is 0 Å². The number of halogens is 1. The van der Waals surface area contributed by atoms with Gasteiger partial charge in [-0.25, -0.2) is 0 Å². The largest absolute Gasteiger partial charge is 0.490 e. The van der Waals surface area contributed by atoms with Crippen LogP contribution in [0.3, 0.4) is 0 Å². The van der Waals surface area contributed by atoms with E-state index >= 15 is 0 Å². The minimum absolute atomic E-state index is 0.460. The quantitative estimate of drug-likeness (QED) is 0.347. The molecule has 28 heavy (non-hydrogen) atoms. The molecule has 0 spiro atoms. The molecule has 140 valence electrons. The molecule has 0 unspecified atom stereocenters. The van der Waals surface area contributed by atoms with E-state index in [1.165, 1.54) is 0 Å². The van der Waals surface area contributed by atoms with E-state index in [0.29, 0.717) is 35.3 Å². The van der Waals surface area contributed by atoms with Crippen molar-refractivity contribution in [3.63, 3.8) is 0 Å². The molecular formula is C24H20ClNO2. The number of rotatable bonds is 7. The first-order chi connectivity index (χ1) is 13.7. The molecule has 0 saturated carbocycles. The lowest BCUT2D eigenvalue weighted by Crippen LogP contribution is -2.00. The number of hydrogen-bond acceptors (Lipinski definition) is 3. The molecule has 0 aliphatic carbocycles. The summed E-state index contributed by atoms with van der Waals surface area (Å²) in [7, 11) is 0. The third-order valence-electron chi connectivity index (χ3n) is 4.07. The average molecular weight is 390 g/mol. The van der Waals surface area contributed by atoms with E-state index in [2.05, 4.69) is 6.07 Å². The van der Waals surface area contributed by atoms with Crippen LogP contribution in [0.25, 0.3) is 11.6 Å². The lowest BCUT2D eigenvalue weighted by molar-refractivity contribution is 0.269. The summed E-state index contributed by atoms with van der Waals surface area (Å²) < 4.78 is 11.7. The number of hydrogen-bond donors (Lipinski definition) is 0. The second kappa shape index (κ2) is 9.64. The van der Waals surface area contributed by atoms with Crippen LogP contribution in [0.1, 0.15) is 23.6 Å². The van der Waals surface area contributed by atoms with Gasteiger partial charge in [0, 0.05) is 5.02 Å². The molecule has 3 aromatic rings. The van der Waals surface area contributed by atoms with Crippen molar-refractivity contribution < 1.29 is 9.47 Å². The van der Waals surface area contributed by atoms with Crippen LogP contribution in [0.2, 0.25) is 5.02 Å². The Hall–Kier alpha value is -3.22. The first-order valence-electron chi connectivity index (χ1n) is 9.01. The van der Waals surface area contributed by atoms with Crippen molar-refractivity contribution in [1.29, 1.82) is 5.26 Å². The van der Waals surface area contributed by atoms with Gasteiger partial charge in [-0.05, 0) is 54.0 Å². The second-order valence-corrected chi connectivity index (χ2v) is 6.53. The number of nitrogens with zero attached hydrogens (tertiary/aromatic N) is 1. The molecule has 3 rings (SSSR count). The number of ether oxygens (including phenoxy) is 2. The van der Waals surface area contributed by atoms with Crippen molar-refractivity contribution >= 4 is 23.3 Å². The molecule has 0 bridgehead atoms. The molecule has 0 amide bonds. The maximum atomic E-state index is 9.55. The monoisotopic (exact) mass is 389 g/mol. The van der Waals surface area contributed by atoms with Crippen molar-refractivity contribution in [2.24, 2.45) is 0 Å². The van der Waals surface area contributed by atoms with Gasteiger partial charge in [0.25, 0.3) is 0 Å². The van der Waals surface area contributed by atoms with Gasteiger partial charge in [0.05, 0.1) is 18.2 Å². The van der Waals surface area contributed by atoms with Crippen molar-refractivity contribution in [3.05, 3.63) is 94.5 Å². The summed E-state index contributed by atoms with van der Waals surface area (Å²) in [4.78, 5) is 0. The van der Waals surface area contributed by atoms with Gasteiger partial charge in [-0.3, -0.25) is 0 Å². The molecule has 3 aromatic carbocycles. The van der Waals surface area contributed by atoms with Crippen LogP contribution in [0.15, 0.2) is 72.8 Å². The van der Waals surface area contributed by atoms with Gasteiger partial charge >= 0.3 is 0 Å². The third kappa shape index (κ3) is 5.16. The Balaban J connectivity index is 1.86. The highest BCUT2D eigenvalue weighted by molar-refractivity contribution is 6.30. The fraction of sp³-hybridized carbons (Fsp3) is 0.125. The molecular weight excluding hydrogens is 370 g/mol. The van der Waals surface area contributed by atoms with Gasteiger partial charge in [-0.1, -0.05) is 60.1 Å². The Morgan fingerprint density at radius 3 is 2.50 bits per heavy atom. The van der Waals surface area contributed by atoms with Gasteiger partial charge in [0.15, 0.2) is 11.5 Å². The summed E-state index contributed by atoms with van der Waals surface area (Å²) in [6, 6.07) is 25.1. The van der Waals surface area contributed by atoms with Crippen LogP contribution >= 0.6 is 11.6 Å². The predicted octanol–water partition coefficient (Wildman–Crippen LogP) is 6.38. The zero-order valence-corrected chi connectivity index (χ0v) is 16.3. The Morgan fingerprint density at radius 1 is 0.964 bits per heavy atom. The van der Waals surface area contributed by atoms with Crippen molar-refractivity contribution in [3.8, 4) is 17.6 Å². The average Bonchev–Trinajstić information content (AvgIpc) is 2.72. The highest BCUT2D eigenvalue weighted by atomic mass is 35.5. The van der Waals surface area contributed by atoms with Gasteiger partial charge < -0.3 is 9.47 Å². The van der Waals surface area contributed by atoms with Crippen LogP contribution in [-0.2, 0) is 6.61 Å². The molecule has 0 heterocycles. The summed E-state index contributed by atoms with van der Waals surface area (Å²) in [5.74, 6) is 1.32. The Morgan fingerprint density at radius 2 is 1.79 bits per heavy atom. The van der Waals surface area contributed by atoms with E-state index in [4.69, 9.17) is 21.1 Å². The minimum Gasteiger partial charge on any atom is -0.490 e. The molecule has 0 aliphatic rings. The number of allylic oxidation sites excluding steroid dienone is 1. The highest BCUT2D eigenvalue weighted by Crippen LogP contribution is 2.31. The minimum atomic E-state index is 0.460. The lowest BCUT2D eigenvalue weighted by Gasteiger charge is -2.13. The van der Waals surface area contributed by atoms with E-state index in [-0.39, 0.29) is 0 Å². The Bertz CT molecular complexity index is 1010. The fourth-order valence-corrected chi connectivity index (χ4v) is 2.93. The van der Waals surface area contributed by atoms with E-state index in [9.17, 15) is 5.26 Å². The summed E-state index contributed by atoms with van der Waals surface area (Å²) >= 11 is 6.05. The molecule has 4 heteroatoms. The first-order valence-corrected chi connectivity index (χ1v) is 9.38. The predicted molar refractivity (Wildman–Crippen MR) is 113 cm³/mol. The Labute approximate surface area is 170 Å². The van der Waals surface area contributed by atoms with Gasteiger partial charge in [-0.2, -0.15) is 5.26 Å². The van der Waals surface area contributed by atoms with E-state index in [1.54, 1.807) is 12.1 Å². The summed E-state index contributed by atoms with van der Waals surface area (Å²) in [5, 5.41) is 10.1. The number of benzene rings is 3. The molecule has 0 atom stereocenters. The van der Waals surface area contributed by atoms with Crippen molar-refractivity contribution in [1.82, 2.24) is 0 Å². The van der Waals surface area contributed by atoms with Crippen LogP contribution < -0.4 is 9.47 Å². The maximum Gasteiger partial charge on any atom is 0.161 e. The molecule has 0 N–H and O–H groups in total. The van der Waals surface area contributed by atoms with Crippen molar-refractivity contribution in [2.75, 3.05) is 6.61 Å². The van der Waals surface area contributed by atoms with Gasteiger partial charge in [0.1, 0.15) is 6.61 Å². The summed E-state index contributed by atoms with van der Waals surface area (Å²) in [5.41, 5.74) is 3.24. The zero-order chi connectivity index (χ0) is 19.8. The van der Waals surface area contributed by atoms with E-state index in [0.717, 1.165) is 16.7 Å². The SMILES string of the molecule is CCOc1cc(/C=C(/C#N)c2cccc(Cl)c2)ccc1OCc1ccccc1. The van der Waals surface area contributed by atoms with Crippen LogP contribution in [0, 0.1) is 11.3 Å². The van der Waals surface area contributed by atoms with E-state index in [1.807, 2.05) is 73.7 Å². The zero-order valence-electron chi connectivity index (χ0n) is 15.6. The standard InChI is InChI=1S/C24H20ClNO2/c1-2-27-24-14-19(13-21(16-26)20-9-6-10-22(25)15-20)11-12-23(24)28-17-18-7-4-3-5-8-18/h3-15H,2,17H2,1H3/b21-13-. The molecule has 0 aliphatic heterocycles. The Kier molecular flexibility index (Phi) is 6.73. The highest BCUT2D eigenvalue weighted by Gasteiger charge is 2.08. The molecule has 0 saturated heterocycles. The van der Waals surface area contributed by atoms with Crippen molar-refractivity contribution in [2.45, 2.75) is 13.5 Å². The smallest absolute Gasteiger partial charge is 0.161 e. The maximum absolute atomic E-state index is 9.55. The number of nitriles is 1. The molecule has 0 fully saturated rings. The lowest BCUT2D eigenvalue weighted by atomic mass is 10.0. The normalized spacial score (nSPS) is 11.0. The molecule has 3 nitrogen and oxygen atoms in total. The third-order valence-corrected chi connectivity index (χ3v) is 4.31. The van der Waals surface area contributed by atoms with Gasteiger partial charge in [-0.15, -0.1) is 0 Å². The van der Waals surface area contributed by atoms with E-state index < -0.39 is 0 Å². The summed E-state index contributed by atoms with van der Waals surface area (Å²) in [6.45, 7) is 2.91. The van der Waals surface area contributed by atoms with Crippen LogP contribution in [-0.4, -0.2) is 6.61 Å². The first kappa shape index (κ1) is 19.5.